The Morgan fingerprint density at radius 2 is 1.62 bits per heavy atom. The first-order valence-corrected chi connectivity index (χ1v) is 15.5. The minimum Gasteiger partial charge on any atom is -0.406 e. The molecular weight excluding hydrogens is 609 g/mol. The van der Waals surface area contributed by atoms with Crippen molar-refractivity contribution in [1.29, 1.82) is 0 Å². The molecule has 3 aromatic carbocycles. The Balaban J connectivity index is 1.05. The van der Waals surface area contributed by atoms with E-state index < -0.39 is 6.36 Å². The van der Waals surface area contributed by atoms with Crippen LogP contribution in [0.25, 0.3) is 11.3 Å². The molecule has 0 atom stereocenters. The number of aryl methyl sites for hydroxylation is 2. The molecule has 2 N–H and O–H groups in total. The molecule has 1 aromatic heterocycles. The molecule has 244 valence electrons. The molecule has 0 unspecified atom stereocenters. The number of alkyl halides is 3. The second kappa shape index (κ2) is 13.4. The maximum atomic E-state index is 13.2. The van der Waals surface area contributed by atoms with Crippen molar-refractivity contribution in [3.8, 4) is 17.0 Å². The molecule has 2 fully saturated rings. The van der Waals surface area contributed by atoms with Gasteiger partial charge in [-0.2, -0.15) is 0 Å². The molecule has 4 aromatic rings. The zero-order valence-electron chi connectivity index (χ0n) is 26.1. The average molecular weight is 645 g/mol. The van der Waals surface area contributed by atoms with E-state index in [1.54, 1.807) is 30.5 Å². The summed E-state index contributed by atoms with van der Waals surface area (Å²) < 4.78 is 41.5. The number of hydrogen-bond acceptors (Lipinski definition) is 7. The summed E-state index contributed by atoms with van der Waals surface area (Å²) in [6.07, 6.45) is -1.09. The molecule has 2 aliphatic rings. The predicted octanol–water partition coefficient (Wildman–Crippen LogP) is 6.71. The number of piperazine rings is 1. The minimum atomic E-state index is -4.76. The van der Waals surface area contributed by atoms with Gasteiger partial charge in [-0.25, -0.2) is 9.97 Å². The SMILES string of the molecule is Cc1ccc(CN2CCN(C(=O)C3CC3)CC2)cc1NC(=O)c1ccc(Nc2ncc(C)c(-c3ccc(OC(F)(F)F)cc3)n2)cc1. The maximum absolute atomic E-state index is 13.2. The van der Waals surface area contributed by atoms with Gasteiger partial charge in [0.05, 0.1) is 5.69 Å². The monoisotopic (exact) mass is 644 g/mol. The molecule has 0 spiro atoms. The van der Waals surface area contributed by atoms with Crippen molar-refractivity contribution in [1.82, 2.24) is 19.8 Å². The third-order valence-corrected chi connectivity index (χ3v) is 8.30. The van der Waals surface area contributed by atoms with Crippen molar-refractivity contribution >= 4 is 29.1 Å². The number of anilines is 3. The molecule has 2 heterocycles. The van der Waals surface area contributed by atoms with E-state index in [1.165, 1.54) is 24.3 Å². The minimum absolute atomic E-state index is 0.240. The molecule has 9 nitrogen and oxygen atoms in total. The van der Waals surface area contributed by atoms with E-state index in [9.17, 15) is 22.8 Å². The van der Waals surface area contributed by atoms with Gasteiger partial charge < -0.3 is 20.3 Å². The zero-order valence-corrected chi connectivity index (χ0v) is 26.1. The molecule has 6 rings (SSSR count). The van der Waals surface area contributed by atoms with Crippen LogP contribution in [0.2, 0.25) is 0 Å². The quantitative estimate of drug-likeness (QED) is 0.209. The van der Waals surface area contributed by atoms with E-state index >= 15 is 0 Å². The Kier molecular flexibility index (Phi) is 9.12. The second-order valence-corrected chi connectivity index (χ2v) is 12.0. The van der Waals surface area contributed by atoms with Gasteiger partial charge in [0.2, 0.25) is 11.9 Å². The third kappa shape index (κ3) is 8.25. The number of carbonyl (C=O) groups is 2. The zero-order chi connectivity index (χ0) is 33.1. The van der Waals surface area contributed by atoms with Gasteiger partial charge in [0.15, 0.2) is 0 Å². The van der Waals surface area contributed by atoms with Gasteiger partial charge in [-0.15, -0.1) is 13.2 Å². The predicted molar refractivity (Wildman–Crippen MR) is 172 cm³/mol. The fraction of sp³-hybridized carbons (Fsp3) is 0.314. The summed E-state index contributed by atoms with van der Waals surface area (Å²) in [6.45, 7) is 7.68. The lowest BCUT2D eigenvalue weighted by Crippen LogP contribution is -2.48. The van der Waals surface area contributed by atoms with E-state index in [1.807, 2.05) is 30.9 Å². The van der Waals surface area contributed by atoms with Gasteiger partial charge in [-0.05, 0) is 98.0 Å². The summed E-state index contributed by atoms with van der Waals surface area (Å²) in [7, 11) is 0. The highest BCUT2D eigenvalue weighted by atomic mass is 19.4. The highest BCUT2D eigenvalue weighted by Crippen LogP contribution is 2.32. The van der Waals surface area contributed by atoms with Gasteiger partial charge in [0, 0.05) is 67.3 Å². The van der Waals surface area contributed by atoms with Crippen LogP contribution >= 0.6 is 0 Å². The Morgan fingerprint density at radius 3 is 2.28 bits per heavy atom. The van der Waals surface area contributed by atoms with Crippen molar-refractivity contribution in [3.63, 3.8) is 0 Å². The van der Waals surface area contributed by atoms with Crippen LogP contribution < -0.4 is 15.4 Å². The second-order valence-electron chi connectivity index (χ2n) is 12.0. The van der Waals surface area contributed by atoms with Crippen LogP contribution in [-0.2, 0) is 11.3 Å². The van der Waals surface area contributed by atoms with Crippen molar-refractivity contribution in [2.45, 2.75) is 39.6 Å². The molecule has 1 saturated carbocycles. The van der Waals surface area contributed by atoms with Crippen molar-refractivity contribution in [2.24, 2.45) is 5.92 Å². The highest BCUT2D eigenvalue weighted by molar-refractivity contribution is 6.04. The lowest BCUT2D eigenvalue weighted by molar-refractivity contribution is -0.274. The molecule has 12 heteroatoms. The Morgan fingerprint density at radius 1 is 0.915 bits per heavy atom. The molecule has 2 amide bonds. The number of aromatic nitrogens is 2. The van der Waals surface area contributed by atoms with E-state index in [-0.39, 0.29) is 17.6 Å². The number of nitrogens with zero attached hydrogens (tertiary/aromatic N) is 4. The number of carbonyl (C=O) groups excluding carboxylic acids is 2. The smallest absolute Gasteiger partial charge is 0.406 e. The largest absolute Gasteiger partial charge is 0.573 e. The van der Waals surface area contributed by atoms with Crippen molar-refractivity contribution in [2.75, 3.05) is 36.8 Å². The highest BCUT2D eigenvalue weighted by Gasteiger charge is 2.34. The first-order chi connectivity index (χ1) is 22.5. The lowest BCUT2D eigenvalue weighted by atomic mass is 10.1. The number of halogens is 3. The Hall–Kier alpha value is -4.97. The van der Waals surface area contributed by atoms with Gasteiger partial charge >= 0.3 is 6.36 Å². The van der Waals surface area contributed by atoms with E-state index in [2.05, 4.69) is 36.3 Å². The standard InChI is InChI=1S/C35H35F3N6O3/c1-22-3-4-24(21-43-15-17-44(18-16-43)33(46)27-5-6-27)19-30(22)41-32(45)26-7-11-28(12-8-26)40-34-39-20-23(2)31(42-34)25-9-13-29(14-10-25)47-35(36,37)38/h3-4,7-14,19-20,27H,5-6,15-18,21H2,1-2H3,(H,41,45)(H,39,40,42). The van der Waals surface area contributed by atoms with Crippen molar-refractivity contribution in [3.05, 3.63) is 95.2 Å². The number of nitrogens with one attached hydrogen (secondary N) is 2. The van der Waals surface area contributed by atoms with Gasteiger partial charge in [0.25, 0.3) is 5.91 Å². The third-order valence-electron chi connectivity index (χ3n) is 8.30. The normalized spacial score (nSPS) is 15.3. The number of amides is 2. The molecule has 1 saturated heterocycles. The summed E-state index contributed by atoms with van der Waals surface area (Å²) in [5, 5.41) is 6.15. The van der Waals surface area contributed by atoms with E-state index in [0.29, 0.717) is 34.4 Å². The summed E-state index contributed by atoms with van der Waals surface area (Å²) in [5.74, 6) is 0.292. The van der Waals surface area contributed by atoms with Gasteiger partial charge in [-0.3, -0.25) is 14.5 Å². The fourth-order valence-electron chi connectivity index (χ4n) is 5.51. The first kappa shape index (κ1) is 32.0. The number of rotatable bonds is 9. The molecule has 1 aliphatic carbocycles. The average Bonchev–Trinajstić information content (AvgIpc) is 3.90. The molecule has 1 aliphatic heterocycles. The van der Waals surface area contributed by atoms with Crippen LogP contribution in [0.1, 0.15) is 39.9 Å². The van der Waals surface area contributed by atoms with Crippen LogP contribution in [0.5, 0.6) is 5.75 Å². The molecule has 0 radical (unpaired) electrons. The topological polar surface area (TPSA) is 99.7 Å². The molecule has 0 bridgehead atoms. The van der Waals surface area contributed by atoms with Crippen LogP contribution in [-0.4, -0.2) is 64.1 Å². The summed E-state index contributed by atoms with van der Waals surface area (Å²) in [5.41, 5.74) is 5.83. The summed E-state index contributed by atoms with van der Waals surface area (Å²) in [4.78, 5) is 38.7. The lowest BCUT2D eigenvalue weighted by Gasteiger charge is -2.35. The summed E-state index contributed by atoms with van der Waals surface area (Å²) >= 11 is 0. The maximum Gasteiger partial charge on any atom is 0.573 e. The Bertz CT molecular complexity index is 1750. The molecule has 47 heavy (non-hydrogen) atoms. The summed E-state index contributed by atoms with van der Waals surface area (Å²) in [6, 6.07) is 18.5. The Labute approximate surface area is 270 Å². The van der Waals surface area contributed by atoms with Crippen LogP contribution in [0.4, 0.5) is 30.5 Å². The van der Waals surface area contributed by atoms with E-state index in [0.717, 1.165) is 67.9 Å². The van der Waals surface area contributed by atoms with Crippen LogP contribution in [0.3, 0.4) is 0 Å². The van der Waals surface area contributed by atoms with Gasteiger partial charge in [-0.1, -0.05) is 12.1 Å². The van der Waals surface area contributed by atoms with Gasteiger partial charge in [0.1, 0.15) is 5.75 Å². The fourth-order valence-corrected chi connectivity index (χ4v) is 5.51. The van der Waals surface area contributed by atoms with Crippen molar-refractivity contribution < 1.29 is 27.5 Å². The van der Waals surface area contributed by atoms with E-state index in [4.69, 9.17) is 0 Å². The first-order valence-electron chi connectivity index (χ1n) is 15.5. The molecular formula is C35H35F3N6O3. The van der Waals surface area contributed by atoms with Crippen LogP contribution in [0, 0.1) is 19.8 Å². The number of benzene rings is 3. The number of hydrogen-bond donors (Lipinski definition) is 2. The van der Waals surface area contributed by atoms with Crippen LogP contribution in [0.15, 0.2) is 72.9 Å². The number of ether oxygens (including phenoxy) is 1.